The SMILES string of the molecule is CCc1[nH]nc(C(=O)NC2(C)CCCCC2)c1S(=O)(=O)Cl. The summed E-state index contributed by atoms with van der Waals surface area (Å²) in [7, 11) is 1.42. The van der Waals surface area contributed by atoms with E-state index in [2.05, 4.69) is 15.5 Å². The summed E-state index contributed by atoms with van der Waals surface area (Å²) in [6, 6.07) is 0. The predicted octanol–water partition coefficient (Wildman–Crippen LogP) is 2.35. The largest absolute Gasteiger partial charge is 0.345 e. The molecule has 1 fully saturated rings. The van der Waals surface area contributed by atoms with Crippen LogP contribution < -0.4 is 5.32 Å². The first-order valence-corrected chi connectivity index (χ1v) is 9.42. The Morgan fingerprint density at radius 1 is 1.38 bits per heavy atom. The number of nitrogens with zero attached hydrogens (tertiary/aromatic N) is 1. The first-order valence-electron chi connectivity index (χ1n) is 7.11. The number of carbonyl (C=O) groups is 1. The monoisotopic (exact) mass is 333 g/mol. The molecule has 6 nitrogen and oxygen atoms in total. The number of amides is 1. The Kier molecular flexibility index (Phi) is 4.63. The van der Waals surface area contributed by atoms with E-state index in [9.17, 15) is 13.2 Å². The summed E-state index contributed by atoms with van der Waals surface area (Å²) in [5.41, 5.74) is -0.105. The van der Waals surface area contributed by atoms with E-state index in [1.165, 1.54) is 0 Å². The number of H-pyrrole nitrogens is 1. The lowest BCUT2D eigenvalue weighted by Gasteiger charge is -2.34. The molecule has 0 spiro atoms. The van der Waals surface area contributed by atoms with Crippen LogP contribution in [-0.4, -0.2) is 30.1 Å². The molecule has 118 valence electrons. The van der Waals surface area contributed by atoms with Crippen LogP contribution in [0.5, 0.6) is 0 Å². The lowest BCUT2D eigenvalue weighted by molar-refractivity contribution is 0.0874. The van der Waals surface area contributed by atoms with Crippen molar-refractivity contribution >= 4 is 25.6 Å². The second kappa shape index (κ2) is 5.96. The first kappa shape index (κ1) is 16.3. The smallest absolute Gasteiger partial charge is 0.273 e. The van der Waals surface area contributed by atoms with Crippen LogP contribution in [0.3, 0.4) is 0 Å². The third-order valence-corrected chi connectivity index (χ3v) is 5.37. The van der Waals surface area contributed by atoms with Gasteiger partial charge < -0.3 is 5.32 Å². The van der Waals surface area contributed by atoms with Crippen LogP contribution in [0.25, 0.3) is 0 Å². The highest BCUT2D eigenvalue weighted by Gasteiger charge is 2.33. The Morgan fingerprint density at radius 3 is 2.52 bits per heavy atom. The quantitative estimate of drug-likeness (QED) is 0.827. The molecule has 1 aromatic heterocycles. The normalized spacial score (nSPS) is 18.4. The fourth-order valence-electron chi connectivity index (χ4n) is 2.81. The highest BCUT2D eigenvalue weighted by Crippen LogP contribution is 2.29. The summed E-state index contributed by atoms with van der Waals surface area (Å²) in [5.74, 6) is -0.491. The molecular weight excluding hydrogens is 314 g/mol. The zero-order chi connectivity index (χ0) is 15.7. The van der Waals surface area contributed by atoms with Gasteiger partial charge in [-0.2, -0.15) is 5.10 Å². The van der Waals surface area contributed by atoms with Crippen LogP contribution in [0.15, 0.2) is 4.90 Å². The van der Waals surface area contributed by atoms with Crippen molar-refractivity contribution in [1.82, 2.24) is 15.5 Å². The van der Waals surface area contributed by atoms with Crippen molar-refractivity contribution in [2.75, 3.05) is 0 Å². The third kappa shape index (κ3) is 3.58. The molecule has 0 radical (unpaired) electrons. The fraction of sp³-hybridized carbons (Fsp3) is 0.692. The van der Waals surface area contributed by atoms with Crippen molar-refractivity contribution in [2.45, 2.75) is 62.8 Å². The number of carbonyl (C=O) groups excluding carboxylic acids is 1. The molecule has 21 heavy (non-hydrogen) atoms. The maximum Gasteiger partial charge on any atom is 0.273 e. The molecule has 1 aliphatic carbocycles. The maximum atomic E-state index is 12.4. The fourth-order valence-corrected chi connectivity index (χ4v) is 4.17. The van der Waals surface area contributed by atoms with E-state index in [0.717, 1.165) is 32.1 Å². The Labute approximate surface area is 129 Å². The molecule has 1 heterocycles. The number of aryl methyl sites for hydroxylation is 1. The number of hydrogen-bond acceptors (Lipinski definition) is 4. The average molecular weight is 334 g/mol. The van der Waals surface area contributed by atoms with E-state index in [4.69, 9.17) is 10.7 Å². The minimum Gasteiger partial charge on any atom is -0.345 e. The highest BCUT2D eigenvalue weighted by molar-refractivity contribution is 8.13. The van der Waals surface area contributed by atoms with E-state index >= 15 is 0 Å². The summed E-state index contributed by atoms with van der Waals surface area (Å²) in [6.45, 7) is 3.75. The number of hydrogen-bond donors (Lipinski definition) is 2. The Morgan fingerprint density at radius 2 is 2.00 bits per heavy atom. The number of aromatic amines is 1. The molecule has 1 aliphatic rings. The van der Waals surface area contributed by atoms with Gasteiger partial charge in [-0.1, -0.05) is 26.2 Å². The molecule has 1 aromatic rings. The van der Waals surface area contributed by atoms with Gasteiger partial charge in [-0.25, -0.2) is 8.42 Å². The predicted molar refractivity (Wildman–Crippen MR) is 80.0 cm³/mol. The van der Waals surface area contributed by atoms with E-state index in [1.54, 1.807) is 6.92 Å². The molecular formula is C13H20ClN3O3S. The van der Waals surface area contributed by atoms with Gasteiger partial charge in [-0.15, -0.1) is 0 Å². The van der Waals surface area contributed by atoms with Crippen LogP contribution >= 0.6 is 10.7 Å². The summed E-state index contributed by atoms with van der Waals surface area (Å²) in [5, 5.41) is 9.35. The molecule has 0 atom stereocenters. The van der Waals surface area contributed by atoms with Crippen molar-refractivity contribution in [1.29, 1.82) is 0 Å². The molecule has 1 amide bonds. The lowest BCUT2D eigenvalue weighted by Crippen LogP contribution is -2.47. The standard InChI is InChI=1S/C13H20ClN3O3S/c1-3-9-11(21(14,19)20)10(17-16-9)12(18)15-13(2)7-5-4-6-8-13/h3-8H2,1-2H3,(H,15,18)(H,16,17). The molecule has 0 unspecified atom stereocenters. The zero-order valence-corrected chi connectivity index (χ0v) is 13.8. The Balaban J connectivity index is 2.30. The van der Waals surface area contributed by atoms with Crippen molar-refractivity contribution in [3.8, 4) is 0 Å². The van der Waals surface area contributed by atoms with Gasteiger partial charge in [0.2, 0.25) is 0 Å². The molecule has 2 N–H and O–H groups in total. The topological polar surface area (TPSA) is 91.9 Å². The third-order valence-electron chi connectivity index (χ3n) is 3.98. The van der Waals surface area contributed by atoms with Gasteiger partial charge in [0.15, 0.2) is 5.69 Å². The second-order valence-corrected chi connectivity index (χ2v) is 8.25. The molecule has 0 aliphatic heterocycles. The number of nitrogens with one attached hydrogen (secondary N) is 2. The van der Waals surface area contributed by atoms with Crippen LogP contribution in [0.4, 0.5) is 0 Å². The van der Waals surface area contributed by atoms with Gasteiger partial charge in [0.25, 0.3) is 15.0 Å². The first-order chi connectivity index (χ1) is 9.77. The molecule has 0 aromatic carbocycles. The minimum atomic E-state index is -4.02. The average Bonchev–Trinajstić information content (AvgIpc) is 2.82. The molecule has 1 saturated carbocycles. The van der Waals surface area contributed by atoms with Gasteiger partial charge in [0, 0.05) is 16.2 Å². The molecule has 2 rings (SSSR count). The van der Waals surface area contributed by atoms with Crippen LogP contribution in [0.2, 0.25) is 0 Å². The summed E-state index contributed by atoms with van der Waals surface area (Å²) >= 11 is 0. The number of halogens is 1. The maximum absolute atomic E-state index is 12.4. The zero-order valence-electron chi connectivity index (χ0n) is 12.2. The summed E-state index contributed by atoms with van der Waals surface area (Å²) < 4.78 is 23.4. The van der Waals surface area contributed by atoms with Crippen LogP contribution in [0.1, 0.15) is 62.1 Å². The Bertz CT molecular complexity index is 633. The lowest BCUT2D eigenvalue weighted by atomic mass is 9.83. The second-order valence-electron chi connectivity index (χ2n) is 5.75. The minimum absolute atomic E-state index is 0.145. The van der Waals surface area contributed by atoms with Gasteiger partial charge in [-0.05, 0) is 26.2 Å². The van der Waals surface area contributed by atoms with Gasteiger partial charge in [0.1, 0.15) is 4.90 Å². The van der Waals surface area contributed by atoms with Crippen molar-refractivity contribution < 1.29 is 13.2 Å². The van der Waals surface area contributed by atoms with Crippen molar-refractivity contribution in [3.63, 3.8) is 0 Å². The molecule has 0 bridgehead atoms. The molecule has 8 heteroatoms. The van der Waals surface area contributed by atoms with Gasteiger partial charge in [-0.3, -0.25) is 9.89 Å². The molecule has 0 saturated heterocycles. The van der Waals surface area contributed by atoms with Crippen LogP contribution in [-0.2, 0) is 15.5 Å². The van der Waals surface area contributed by atoms with E-state index in [1.807, 2.05) is 6.92 Å². The van der Waals surface area contributed by atoms with E-state index in [-0.39, 0.29) is 16.1 Å². The summed E-state index contributed by atoms with van der Waals surface area (Å²) in [6.07, 6.45) is 5.43. The van der Waals surface area contributed by atoms with Crippen LogP contribution in [0, 0.1) is 0 Å². The van der Waals surface area contributed by atoms with Crippen molar-refractivity contribution in [3.05, 3.63) is 11.4 Å². The number of rotatable bonds is 4. The number of aromatic nitrogens is 2. The van der Waals surface area contributed by atoms with E-state index < -0.39 is 15.0 Å². The van der Waals surface area contributed by atoms with E-state index in [0.29, 0.717) is 12.1 Å². The highest BCUT2D eigenvalue weighted by atomic mass is 35.7. The van der Waals surface area contributed by atoms with Gasteiger partial charge >= 0.3 is 0 Å². The Hall–Kier alpha value is -1.08. The van der Waals surface area contributed by atoms with Crippen molar-refractivity contribution in [2.24, 2.45) is 0 Å². The summed E-state index contributed by atoms with van der Waals surface area (Å²) in [4.78, 5) is 12.2. The van der Waals surface area contributed by atoms with Gasteiger partial charge in [0.05, 0.1) is 5.69 Å².